The van der Waals surface area contributed by atoms with Gasteiger partial charge in [-0.15, -0.1) is 11.8 Å². The highest BCUT2D eigenvalue weighted by Gasteiger charge is 2.13. The van der Waals surface area contributed by atoms with E-state index < -0.39 is 6.61 Å². The number of nitrogens with one attached hydrogen (secondary N) is 1. The Kier molecular flexibility index (Phi) is 6.40. The normalized spacial score (nSPS) is 12.0. The van der Waals surface area contributed by atoms with Crippen LogP contribution in [0, 0.1) is 0 Å². The van der Waals surface area contributed by atoms with Crippen molar-refractivity contribution in [2.45, 2.75) is 18.8 Å². The van der Waals surface area contributed by atoms with E-state index >= 15 is 0 Å². The number of carbonyl (C=O) groups is 1. The molecule has 1 amide bonds. The van der Waals surface area contributed by atoms with Crippen molar-refractivity contribution in [3.8, 4) is 5.75 Å². The Bertz CT molecular complexity index is 638. The monoisotopic (exact) mass is 337 g/mol. The molecule has 1 unspecified atom stereocenters. The van der Waals surface area contributed by atoms with E-state index in [1.165, 1.54) is 23.9 Å². The maximum Gasteiger partial charge on any atom is 0.387 e. The Morgan fingerprint density at radius 2 is 1.78 bits per heavy atom. The Hall–Kier alpha value is -2.08. The average molecular weight is 337 g/mol. The molecule has 2 aromatic rings. The second kappa shape index (κ2) is 8.53. The first kappa shape index (κ1) is 17.3. The van der Waals surface area contributed by atoms with E-state index in [0.29, 0.717) is 0 Å². The SMILES string of the molecule is CC(SCC(=O)Nc1ccccc1OC(F)F)c1ccccc1. The zero-order valence-corrected chi connectivity index (χ0v) is 13.4. The summed E-state index contributed by atoms with van der Waals surface area (Å²) in [6, 6.07) is 16.0. The highest BCUT2D eigenvalue weighted by molar-refractivity contribution is 8.00. The number of ether oxygens (including phenoxy) is 1. The van der Waals surface area contributed by atoms with Crippen LogP contribution in [0.25, 0.3) is 0 Å². The lowest BCUT2D eigenvalue weighted by Crippen LogP contribution is -2.16. The molecular weight excluding hydrogens is 320 g/mol. The summed E-state index contributed by atoms with van der Waals surface area (Å²) in [5.41, 5.74) is 1.37. The Morgan fingerprint density at radius 3 is 2.48 bits per heavy atom. The molecule has 1 N–H and O–H groups in total. The summed E-state index contributed by atoms with van der Waals surface area (Å²) in [7, 11) is 0. The third kappa shape index (κ3) is 5.56. The van der Waals surface area contributed by atoms with Crippen LogP contribution < -0.4 is 10.1 Å². The Labute approximate surface area is 138 Å². The second-order valence-electron chi connectivity index (χ2n) is 4.79. The van der Waals surface area contributed by atoms with Gasteiger partial charge in [0.05, 0.1) is 11.4 Å². The van der Waals surface area contributed by atoms with Crippen LogP contribution in [0.5, 0.6) is 5.75 Å². The Morgan fingerprint density at radius 1 is 1.13 bits per heavy atom. The van der Waals surface area contributed by atoms with E-state index in [0.717, 1.165) is 5.56 Å². The molecule has 2 aromatic carbocycles. The molecular formula is C17H17F2NO2S. The molecule has 0 fully saturated rings. The molecule has 3 nitrogen and oxygen atoms in total. The van der Waals surface area contributed by atoms with Crippen LogP contribution in [0.15, 0.2) is 54.6 Å². The Balaban J connectivity index is 1.90. The molecule has 2 rings (SSSR count). The van der Waals surface area contributed by atoms with Gasteiger partial charge in [-0.05, 0) is 24.6 Å². The van der Waals surface area contributed by atoms with Crippen LogP contribution in [0.4, 0.5) is 14.5 Å². The maximum atomic E-state index is 12.3. The average Bonchev–Trinajstić information content (AvgIpc) is 2.55. The number of carbonyl (C=O) groups excluding carboxylic acids is 1. The van der Waals surface area contributed by atoms with Crippen molar-refractivity contribution in [1.82, 2.24) is 0 Å². The standard InChI is InChI=1S/C17H17F2NO2S/c1-12(13-7-3-2-4-8-13)23-11-16(21)20-14-9-5-6-10-15(14)22-17(18)19/h2-10,12,17H,11H2,1H3,(H,20,21). The molecule has 0 heterocycles. The number of thioether (sulfide) groups is 1. The van der Waals surface area contributed by atoms with Crippen LogP contribution in [0.1, 0.15) is 17.7 Å². The quantitative estimate of drug-likeness (QED) is 0.794. The van der Waals surface area contributed by atoms with E-state index in [1.54, 1.807) is 12.1 Å². The number of alkyl halides is 2. The van der Waals surface area contributed by atoms with Crippen LogP contribution in [-0.2, 0) is 4.79 Å². The number of amides is 1. The highest BCUT2D eigenvalue weighted by Crippen LogP contribution is 2.29. The van der Waals surface area contributed by atoms with E-state index in [-0.39, 0.29) is 28.3 Å². The summed E-state index contributed by atoms with van der Waals surface area (Å²) in [6.45, 7) is -0.915. The number of benzene rings is 2. The van der Waals surface area contributed by atoms with Gasteiger partial charge in [0.2, 0.25) is 5.91 Å². The molecule has 0 aromatic heterocycles. The number of anilines is 1. The van der Waals surface area contributed by atoms with Crippen molar-refractivity contribution in [2.75, 3.05) is 11.1 Å². The predicted molar refractivity (Wildman–Crippen MR) is 89.0 cm³/mol. The molecule has 122 valence electrons. The second-order valence-corrected chi connectivity index (χ2v) is 6.12. The first-order chi connectivity index (χ1) is 11.1. The van der Waals surface area contributed by atoms with Crippen LogP contribution in [0.2, 0.25) is 0 Å². The number of hydrogen-bond acceptors (Lipinski definition) is 3. The van der Waals surface area contributed by atoms with Gasteiger partial charge in [0, 0.05) is 5.25 Å². The van der Waals surface area contributed by atoms with Crippen molar-refractivity contribution in [1.29, 1.82) is 0 Å². The summed E-state index contributed by atoms with van der Waals surface area (Å²) in [5.74, 6) is -0.0842. The van der Waals surface area contributed by atoms with Gasteiger partial charge in [0.25, 0.3) is 0 Å². The lowest BCUT2D eigenvalue weighted by Gasteiger charge is -2.13. The van der Waals surface area contributed by atoms with E-state index in [9.17, 15) is 13.6 Å². The highest BCUT2D eigenvalue weighted by atomic mass is 32.2. The molecule has 0 saturated carbocycles. The van der Waals surface area contributed by atoms with E-state index in [1.807, 2.05) is 37.3 Å². The van der Waals surface area contributed by atoms with Crippen molar-refractivity contribution in [2.24, 2.45) is 0 Å². The molecule has 0 aliphatic carbocycles. The van der Waals surface area contributed by atoms with Gasteiger partial charge in [-0.1, -0.05) is 42.5 Å². The lowest BCUT2D eigenvalue weighted by molar-refractivity contribution is -0.113. The van der Waals surface area contributed by atoms with Gasteiger partial charge < -0.3 is 10.1 Å². The summed E-state index contributed by atoms with van der Waals surface area (Å²) < 4.78 is 29.1. The lowest BCUT2D eigenvalue weighted by atomic mass is 10.2. The molecule has 0 aliphatic heterocycles. The molecule has 0 bridgehead atoms. The first-order valence-electron chi connectivity index (χ1n) is 7.06. The van der Waals surface area contributed by atoms with E-state index in [2.05, 4.69) is 10.1 Å². The van der Waals surface area contributed by atoms with Gasteiger partial charge in [0.1, 0.15) is 5.75 Å². The largest absolute Gasteiger partial charge is 0.433 e. The van der Waals surface area contributed by atoms with Crippen molar-refractivity contribution in [3.63, 3.8) is 0 Å². The van der Waals surface area contributed by atoms with Gasteiger partial charge in [-0.25, -0.2) is 0 Å². The summed E-state index contributed by atoms with van der Waals surface area (Å²) in [5, 5.41) is 2.77. The third-order valence-electron chi connectivity index (χ3n) is 3.11. The zero-order valence-electron chi connectivity index (χ0n) is 12.5. The topological polar surface area (TPSA) is 38.3 Å². The van der Waals surface area contributed by atoms with E-state index in [4.69, 9.17) is 0 Å². The predicted octanol–water partition coefficient (Wildman–Crippen LogP) is 4.72. The first-order valence-corrected chi connectivity index (χ1v) is 8.11. The molecule has 0 saturated heterocycles. The minimum Gasteiger partial charge on any atom is -0.433 e. The zero-order chi connectivity index (χ0) is 16.7. The molecule has 0 radical (unpaired) electrons. The van der Waals surface area contributed by atoms with Crippen molar-refractivity contribution < 1.29 is 18.3 Å². The molecule has 0 spiro atoms. The summed E-state index contributed by atoms with van der Waals surface area (Å²) in [6.07, 6.45) is 0. The maximum absolute atomic E-state index is 12.3. The van der Waals surface area contributed by atoms with Gasteiger partial charge in [-0.3, -0.25) is 4.79 Å². The van der Waals surface area contributed by atoms with Gasteiger partial charge in [-0.2, -0.15) is 8.78 Å². The fourth-order valence-corrected chi connectivity index (χ4v) is 2.80. The molecule has 6 heteroatoms. The molecule has 1 atom stereocenters. The number of hydrogen-bond donors (Lipinski definition) is 1. The van der Waals surface area contributed by atoms with Crippen molar-refractivity contribution in [3.05, 3.63) is 60.2 Å². The summed E-state index contributed by atoms with van der Waals surface area (Å²) in [4.78, 5) is 12.0. The molecule has 0 aliphatic rings. The molecule has 23 heavy (non-hydrogen) atoms. The minimum atomic E-state index is -2.93. The summed E-state index contributed by atoms with van der Waals surface area (Å²) >= 11 is 1.48. The van der Waals surface area contributed by atoms with Crippen LogP contribution >= 0.6 is 11.8 Å². The minimum absolute atomic E-state index is 0.0445. The number of para-hydroxylation sites is 2. The fraction of sp³-hybridized carbons (Fsp3) is 0.235. The van der Waals surface area contributed by atoms with Crippen LogP contribution in [-0.4, -0.2) is 18.3 Å². The van der Waals surface area contributed by atoms with Crippen molar-refractivity contribution >= 4 is 23.4 Å². The fourth-order valence-electron chi connectivity index (χ4n) is 1.98. The third-order valence-corrected chi connectivity index (χ3v) is 4.31. The smallest absolute Gasteiger partial charge is 0.387 e. The van der Waals surface area contributed by atoms with Crippen LogP contribution in [0.3, 0.4) is 0 Å². The van der Waals surface area contributed by atoms with Gasteiger partial charge >= 0.3 is 6.61 Å². The van der Waals surface area contributed by atoms with Gasteiger partial charge in [0.15, 0.2) is 0 Å². The number of rotatable bonds is 7. The number of halogens is 2.